The van der Waals surface area contributed by atoms with Gasteiger partial charge in [-0.25, -0.2) is 9.78 Å². The zero-order valence-electron chi connectivity index (χ0n) is 11.0. The van der Waals surface area contributed by atoms with E-state index in [0.717, 1.165) is 15.2 Å². The standard InChI is InChI=1S/C13H10N4O2S2/c1-2-19-12(18)10-11(20-13-14-7-15-21-13)8-5-3-4-6-9(8)16-17-10/h3-7H,2H2,1H3. The van der Waals surface area contributed by atoms with E-state index in [1.54, 1.807) is 6.92 Å². The first-order valence-electron chi connectivity index (χ1n) is 6.16. The Morgan fingerprint density at radius 2 is 2.19 bits per heavy atom. The van der Waals surface area contributed by atoms with Crippen molar-refractivity contribution >= 4 is 40.2 Å². The molecular weight excluding hydrogens is 308 g/mol. The number of benzene rings is 1. The van der Waals surface area contributed by atoms with E-state index < -0.39 is 5.97 Å². The Bertz CT molecular complexity index is 777. The molecule has 106 valence electrons. The molecule has 0 saturated heterocycles. The Hall–Kier alpha value is -2.06. The highest BCUT2D eigenvalue weighted by atomic mass is 32.2. The van der Waals surface area contributed by atoms with Crippen LogP contribution in [0.3, 0.4) is 0 Å². The molecule has 1 aromatic carbocycles. The van der Waals surface area contributed by atoms with E-state index >= 15 is 0 Å². The summed E-state index contributed by atoms with van der Waals surface area (Å²) in [6, 6.07) is 7.51. The van der Waals surface area contributed by atoms with Gasteiger partial charge in [-0.2, -0.15) is 4.37 Å². The molecule has 0 saturated carbocycles. The van der Waals surface area contributed by atoms with E-state index in [1.807, 2.05) is 24.3 Å². The van der Waals surface area contributed by atoms with Crippen LogP contribution in [0.2, 0.25) is 0 Å². The molecule has 0 aliphatic heterocycles. The zero-order chi connectivity index (χ0) is 14.7. The van der Waals surface area contributed by atoms with Gasteiger partial charge in [-0.1, -0.05) is 30.0 Å². The van der Waals surface area contributed by atoms with Gasteiger partial charge in [0.2, 0.25) is 0 Å². The number of nitrogens with zero attached hydrogens (tertiary/aromatic N) is 4. The molecule has 0 bridgehead atoms. The van der Waals surface area contributed by atoms with Crippen molar-refractivity contribution in [1.82, 2.24) is 19.6 Å². The lowest BCUT2D eigenvalue weighted by Crippen LogP contribution is -2.10. The SMILES string of the molecule is CCOC(=O)c1nnc2ccccc2c1Sc1ncns1. The fraction of sp³-hybridized carbons (Fsp3) is 0.154. The molecule has 2 heterocycles. The molecule has 0 radical (unpaired) electrons. The predicted molar refractivity (Wildman–Crippen MR) is 79.5 cm³/mol. The van der Waals surface area contributed by atoms with Crippen LogP contribution in [0.15, 0.2) is 39.8 Å². The molecule has 3 rings (SSSR count). The van der Waals surface area contributed by atoms with Gasteiger partial charge in [-0.3, -0.25) is 0 Å². The first-order chi connectivity index (χ1) is 10.3. The number of fused-ring (bicyclic) bond motifs is 1. The number of carbonyl (C=O) groups excluding carboxylic acids is 1. The second kappa shape index (κ2) is 6.15. The summed E-state index contributed by atoms with van der Waals surface area (Å²) in [4.78, 5) is 16.9. The van der Waals surface area contributed by atoms with Crippen LogP contribution in [0.1, 0.15) is 17.4 Å². The summed E-state index contributed by atoms with van der Waals surface area (Å²) in [5.74, 6) is -0.484. The summed E-state index contributed by atoms with van der Waals surface area (Å²) in [6.07, 6.45) is 1.48. The Kier molecular flexibility index (Phi) is 4.07. The molecule has 8 heteroatoms. The summed E-state index contributed by atoms with van der Waals surface area (Å²) in [5.41, 5.74) is 0.924. The third-order valence-corrected chi connectivity index (χ3v) is 4.45. The molecule has 0 spiro atoms. The highest BCUT2D eigenvalue weighted by molar-refractivity contribution is 8.01. The molecule has 21 heavy (non-hydrogen) atoms. The normalized spacial score (nSPS) is 10.7. The summed E-state index contributed by atoms with van der Waals surface area (Å²) in [6.45, 7) is 2.04. The summed E-state index contributed by atoms with van der Waals surface area (Å²) in [5, 5.41) is 8.94. The molecule has 0 amide bonds. The number of hydrogen-bond donors (Lipinski definition) is 0. The number of hydrogen-bond acceptors (Lipinski definition) is 8. The minimum absolute atomic E-state index is 0.204. The van der Waals surface area contributed by atoms with Gasteiger partial charge in [0.1, 0.15) is 6.33 Å². The largest absolute Gasteiger partial charge is 0.461 e. The lowest BCUT2D eigenvalue weighted by Gasteiger charge is -2.08. The molecule has 0 fully saturated rings. The number of carbonyl (C=O) groups is 1. The lowest BCUT2D eigenvalue weighted by atomic mass is 10.2. The van der Waals surface area contributed by atoms with Crippen LogP contribution in [0, 0.1) is 0 Å². The maximum atomic E-state index is 12.1. The van der Waals surface area contributed by atoms with E-state index in [4.69, 9.17) is 4.74 Å². The fourth-order valence-electron chi connectivity index (χ4n) is 1.76. The van der Waals surface area contributed by atoms with Gasteiger partial charge in [0.15, 0.2) is 10.0 Å². The Labute approximate surface area is 128 Å². The molecule has 0 N–H and O–H groups in total. The highest BCUT2D eigenvalue weighted by Crippen LogP contribution is 2.35. The monoisotopic (exact) mass is 318 g/mol. The Balaban J connectivity index is 2.15. The second-order valence-electron chi connectivity index (χ2n) is 3.92. The van der Waals surface area contributed by atoms with Gasteiger partial charge in [-0.15, -0.1) is 10.2 Å². The number of rotatable bonds is 4. The van der Waals surface area contributed by atoms with Gasteiger partial charge in [0.25, 0.3) is 0 Å². The summed E-state index contributed by atoms with van der Waals surface area (Å²) >= 11 is 2.61. The maximum absolute atomic E-state index is 12.1. The zero-order valence-corrected chi connectivity index (χ0v) is 12.6. The van der Waals surface area contributed by atoms with Crippen molar-refractivity contribution < 1.29 is 9.53 Å². The number of esters is 1. The molecule has 2 aromatic heterocycles. The molecule has 0 atom stereocenters. The first kappa shape index (κ1) is 13.9. The van der Waals surface area contributed by atoms with Crippen LogP contribution in [-0.4, -0.2) is 32.1 Å². The smallest absolute Gasteiger partial charge is 0.360 e. The van der Waals surface area contributed by atoms with Gasteiger partial charge in [0.05, 0.1) is 17.0 Å². The first-order valence-corrected chi connectivity index (χ1v) is 7.75. The van der Waals surface area contributed by atoms with Crippen LogP contribution in [0.25, 0.3) is 10.9 Å². The predicted octanol–water partition coefficient (Wildman–Crippen LogP) is 2.81. The van der Waals surface area contributed by atoms with Gasteiger partial charge in [-0.05, 0) is 24.5 Å². The Morgan fingerprint density at radius 1 is 1.33 bits per heavy atom. The fourth-order valence-corrected chi connectivity index (χ4v) is 3.35. The van der Waals surface area contributed by atoms with Crippen molar-refractivity contribution in [3.63, 3.8) is 0 Å². The minimum Gasteiger partial charge on any atom is -0.461 e. The van der Waals surface area contributed by atoms with Gasteiger partial charge in [0, 0.05) is 5.39 Å². The van der Waals surface area contributed by atoms with Crippen molar-refractivity contribution in [2.45, 2.75) is 16.2 Å². The highest BCUT2D eigenvalue weighted by Gasteiger charge is 2.20. The van der Waals surface area contributed by atoms with E-state index in [1.165, 1.54) is 29.6 Å². The third kappa shape index (κ3) is 2.86. The van der Waals surface area contributed by atoms with Crippen LogP contribution < -0.4 is 0 Å². The van der Waals surface area contributed by atoms with E-state index in [-0.39, 0.29) is 12.3 Å². The molecule has 3 aromatic rings. The Morgan fingerprint density at radius 3 is 2.95 bits per heavy atom. The quantitative estimate of drug-likeness (QED) is 0.684. The molecule has 0 unspecified atom stereocenters. The summed E-state index contributed by atoms with van der Waals surface area (Å²) in [7, 11) is 0. The van der Waals surface area contributed by atoms with Crippen LogP contribution in [-0.2, 0) is 4.74 Å². The second-order valence-corrected chi connectivity index (χ2v) is 5.96. The summed E-state index contributed by atoms with van der Waals surface area (Å²) < 4.78 is 9.75. The molecular formula is C13H10N4O2S2. The van der Waals surface area contributed by atoms with Gasteiger partial charge >= 0.3 is 5.97 Å². The van der Waals surface area contributed by atoms with E-state index in [0.29, 0.717) is 4.90 Å². The van der Waals surface area contributed by atoms with Crippen LogP contribution >= 0.6 is 23.3 Å². The maximum Gasteiger partial charge on any atom is 0.360 e. The average molecular weight is 318 g/mol. The van der Waals surface area contributed by atoms with Crippen molar-refractivity contribution in [3.05, 3.63) is 36.3 Å². The van der Waals surface area contributed by atoms with Crippen molar-refractivity contribution in [2.75, 3.05) is 6.61 Å². The van der Waals surface area contributed by atoms with Crippen molar-refractivity contribution in [1.29, 1.82) is 0 Å². The van der Waals surface area contributed by atoms with Crippen molar-refractivity contribution in [2.24, 2.45) is 0 Å². The van der Waals surface area contributed by atoms with E-state index in [9.17, 15) is 4.79 Å². The van der Waals surface area contributed by atoms with Gasteiger partial charge < -0.3 is 4.74 Å². The van der Waals surface area contributed by atoms with Crippen molar-refractivity contribution in [3.8, 4) is 0 Å². The number of aromatic nitrogens is 4. The molecule has 0 aliphatic rings. The molecule has 0 aliphatic carbocycles. The topological polar surface area (TPSA) is 77.9 Å². The minimum atomic E-state index is -0.484. The van der Waals surface area contributed by atoms with Crippen LogP contribution in [0.4, 0.5) is 0 Å². The van der Waals surface area contributed by atoms with E-state index in [2.05, 4.69) is 19.6 Å². The lowest BCUT2D eigenvalue weighted by molar-refractivity contribution is 0.0514. The average Bonchev–Trinajstić information content (AvgIpc) is 3.01. The molecule has 6 nitrogen and oxygen atoms in total. The third-order valence-electron chi connectivity index (χ3n) is 2.62. The van der Waals surface area contributed by atoms with Crippen LogP contribution in [0.5, 0.6) is 0 Å². The number of ether oxygens (including phenoxy) is 1.